The van der Waals surface area contributed by atoms with Gasteiger partial charge in [-0.25, -0.2) is 0 Å². The van der Waals surface area contributed by atoms with Crippen molar-refractivity contribution in [3.63, 3.8) is 0 Å². The van der Waals surface area contributed by atoms with Gasteiger partial charge in [-0.15, -0.1) is 0 Å². The lowest BCUT2D eigenvalue weighted by atomic mass is 9.90. The van der Waals surface area contributed by atoms with Gasteiger partial charge in [0.2, 0.25) is 0 Å². The molecule has 0 spiro atoms. The molecule has 0 bridgehead atoms. The van der Waals surface area contributed by atoms with Gasteiger partial charge < -0.3 is 10.1 Å². The minimum atomic E-state index is 0.244. The highest BCUT2D eigenvalue weighted by Crippen LogP contribution is 2.33. The van der Waals surface area contributed by atoms with Gasteiger partial charge in [-0.3, -0.25) is 0 Å². The Balaban J connectivity index is 2.04. The summed E-state index contributed by atoms with van der Waals surface area (Å²) in [6.07, 6.45) is 8.09. The van der Waals surface area contributed by atoms with Crippen molar-refractivity contribution in [2.24, 2.45) is 0 Å². The number of benzene rings is 1. The van der Waals surface area contributed by atoms with E-state index in [1.54, 1.807) is 0 Å². The van der Waals surface area contributed by atoms with Gasteiger partial charge in [0.05, 0.1) is 6.10 Å². The first kappa shape index (κ1) is 16.4. The van der Waals surface area contributed by atoms with Crippen LogP contribution < -0.4 is 10.1 Å². The molecule has 0 saturated heterocycles. The third-order valence-electron chi connectivity index (χ3n) is 4.31. The molecule has 118 valence electrons. The molecule has 1 N–H and O–H groups in total. The fraction of sp³-hybridized carbons (Fsp3) is 0.684. The van der Waals surface area contributed by atoms with Gasteiger partial charge in [0, 0.05) is 6.04 Å². The molecule has 0 amide bonds. The lowest BCUT2D eigenvalue weighted by Crippen LogP contribution is -2.30. The quantitative estimate of drug-likeness (QED) is 0.753. The van der Waals surface area contributed by atoms with E-state index in [0.29, 0.717) is 12.0 Å². The summed E-state index contributed by atoms with van der Waals surface area (Å²) in [5.41, 5.74) is 1.46. The Hall–Kier alpha value is -1.02. The third-order valence-corrected chi connectivity index (χ3v) is 4.31. The van der Waals surface area contributed by atoms with Crippen LogP contribution in [-0.4, -0.2) is 18.7 Å². The molecule has 1 aliphatic rings. The second-order valence-corrected chi connectivity index (χ2v) is 6.61. The van der Waals surface area contributed by atoms with E-state index in [1.807, 2.05) is 0 Å². The van der Waals surface area contributed by atoms with Crippen LogP contribution in [0.4, 0.5) is 0 Å². The molecule has 1 aliphatic carbocycles. The van der Waals surface area contributed by atoms with Crippen LogP contribution in [0.5, 0.6) is 5.75 Å². The predicted octanol–water partition coefficient (Wildman–Crippen LogP) is 4.89. The molecular formula is C19H31NO. The third kappa shape index (κ3) is 5.35. The molecule has 2 rings (SSSR count). The standard InChI is InChI=1S/C19H31NO/c1-4-12-20-18-10-6-5-8-16(13-18)17-9-7-11-19(14-17)21-15(2)3/h7,9,11,14-16,18,20H,4-6,8,10,12-13H2,1-3H3. The number of hydrogen-bond acceptors (Lipinski definition) is 2. The first-order valence-electron chi connectivity index (χ1n) is 8.69. The highest BCUT2D eigenvalue weighted by atomic mass is 16.5. The van der Waals surface area contributed by atoms with E-state index in [1.165, 1.54) is 44.1 Å². The van der Waals surface area contributed by atoms with Crippen LogP contribution in [0.25, 0.3) is 0 Å². The van der Waals surface area contributed by atoms with E-state index in [4.69, 9.17) is 4.74 Å². The fourth-order valence-electron chi connectivity index (χ4n) is 3.31. The summed E-state index contributed by atoms with van der Waals surface area (Å²) in [5.74, 6) is 1.70. The summed E-state index contributed by atoms with van der Waals surface area (Å²) in [7, 11) is 0. The van der Waals surface area contributed by atoms with Crippen molar-refractivity contribution in [2.75, 3.05) is 6.54 Å². The topological polar surface area (TPSA) is 21.3 Å². The van der Waals surface area contributed by atoms with E-state index < -0.39 is 0 Å². The zero-order valence-corrected chi connectivity index (χ0v) is 13.9. The van der Waals surface area contributed by atoms with Crippen molar-refractivity contribution < 1.29 is 4.74 Å². The van der Waals surface area contributed by atoms with Gasteiger partial charge in [-0.05, 0) is 69.7 Å². The van der Waals surface area contributed by atoms with Crippen LogP contribution in [0.2, 0.25) is 0 Å². The molecule has 1 aromatic rings. The van der Waals surface area contributed by atoms with Crippen molar-refractivity contribution in [2.45, 2.75) is 77.4 Å². The van der Waals surface area contributed by atoms with Gasteiger partial charge in [0.15, 0.2) is 0 Å². The maximum absolute atomic E-state index is 5.85. The van der Waals surface area contributed by atoms with Crippen LogP contribution in [0.1, 0.15) is 70.8 Å². The number of ether oxygens (including phenoxy) is 1. The molecule has 0 aliphatic heterocycles. The minimum Gasteiger partial charge on any atom is -0.491 e. The number of nitrogens with one attached hydrogen (secondary N) is 1. The van der Waals surface area contributed by atoms with E-state index in [0.717, 1.165) is 12.3 Å². The van der Waals surface area contributed by atoms with Crippen LogP contribution in [0.15, 0.2) is 24.3 Å². The normalized spacial score (nSPS) is 23.0. The molecule has 0 aromatic heterocycles. The molecule has 2 nitrogen and oxygen atoms in total. The molecule has 21 heavy (non-hydrogen) atoms. The van der Waals surface area contributed by atoms with Crippen molar-refractivity contribution in [1.29, 1.82) is 0 Å². The maximum atomic E-state index is 5.85. The average molecular weight is 289 g/mol. The largest absolute Gasteiger partial charge is 0.491 e. The second-order valence-electron chi connectivity index (χ2n) is 6.61. The smallest absolute Gasteiger partial charge is 0.119 e. The van der Waals surface area contributed by atoms with Gasteiger partial charge >= 0.3 is 0 Å². The Morgan fingerprint density at radius 2 is 2.05 bits per heavy atom. The Bertz CT molecular complexity index is 416. The first-order valence-corrected chi connectivity index (χ1v) is 8.69. The Morgan fingerprint density at radius 3 is 2.81 bits per heavy atom. The fourth-order valence-corrected chi connectivity index (χ4v) is 3.31. The summed E-state index contributed by atoms with van der Waals surface area (Å²) < 4.78 is 5.85. The Kier molecular flexibility index (Phi) is 6.56. The van der Waals surface area contributed by atoms with E-state index in [9.17, 15) is 0 Å². The zero-order chi connectivity index (χ0) is 15.1. The Labute approximate surface area is 130 Å². The summed E-state index contributed by atoms with van der Waals surface area (Å²) in [5, 5.41) is 3.73. The van der Waals surface area contributed by atoms with Crippen molar-refractivity contribution in [3.8, 4) is 5.75 Å². The van der Waals surface area contributed by atoms with Crippen LogP contribution in [0.3, 0.4) is 0 Å². The van der Waals surface area contributed by atoms with Crippen molar-refractivity contribution >= 4 is 0 Å². The van der Waals surface area contributed by atoms with Gasteiger partial charge in [-0.1, -0.05) is 31.9 Å². The lowest BCUT2D eigenvalue weighted by Gasteiger charge is -2.22. The van der Waals surface area contributed by atoms with E-state index >= 15 is 0 Å². The molecular weight excluding hydrogens is 258 g/mol. The second kappa shape index (κ2) is 8.43. The van der Waals surface area contributed by atoms with Crippen LogP contribution in [0, 0.1) is 0 Å². The molecule has 1 aromatic carbocycles. The minimum absolute atomic E-state index is 0.244. The molecule has 0 heterocycles. The summed E-state index contributed by atoms with van der Waals surface area (Å²) in [4.78, 5) is 0. The molecule has 1 fully saturated rings. The molecule has 0 radical (unpaired) electrons. The van der Waals surface area contributed by atoms with Crippen molar-refractivity contribution in [1.82, 2.24) is 5.32 Å². The summed E-state index contributed by atoms with van der Waals surface area (Å²) in [6, 6.07) is 9.44. The Morgan fingerprint density at radius 1 is 1.24 bits per heavy atom. The molecule has 2 heteroatoms. The molecule has 2 unspecified atom stereocenters. The monoisotopic (exact) mass is 289 g/mol. The number of hydrogen-bond donors (Lipinski definition) is 1. The summed E-state index contributed by atoms with van der Waals surface area (Å²) >= 11 is 0. The molecule has 1 saturated carbocycles. The van der Waals surface area contributed by atoms with Gasteiger partial charge in [0.1, 0.15) is 5.75 Å². The lowest BCUT2D eigenvalue weighted by molar-refractivity contribution is 0.242. The highest BCUT2D eigenvalue weighted by Gasteiger charge is 2.21. The van der Waals surface area contributed by atoms with Crippen LogP contribution >= 0.6 is 0 Å². The van der Waals surface area contributed by atoms with Crippen molar-refractivity contribution in [3.05, 3.63) is 29.8 Å². The first-order chi connectivity index (χ1) is 10.2. The average Bonchev–Trinajstić information content (AvgIpc) is 2.70. The summed E-state index contributed by atoms with van der Waals surface area (Å²) in [6.45, 7) is 7.56. The zero-order valence-electron chi connectivity index (χ0n) is 13.9. The maximum Gasteiger partial charge on any atom is 0.119 e. The van der Waals surface area contributed by atoms with E-state index in [-0.39, 0.29) is 6.10 Å². The van der Waals surface area contributed by atoms with Gasteiger partial charge in [0.25, 0.3) is 0 Å². The van der Waals surface area contributed by atoms with E-state index in [2.05, 4.69) is 50.4 Å². The highest BCUT2D eigenvalue weighted by molar-refractivity contribution is 5.31. The SMILES string of the molecule is CCCNC1CCCCC(c2cccc(OC(C)C)c2)C1. The van der Waals surface area contributed by atoms with Crippen LogP contribution in [-0.2, 0) is 0 Å². The van der Waals surface area contributed by atoms with Gasteiger partial charge in [-0.2, -0.15) is 0 Å². The molecule has 2 atom stereocenters. The number of rotatable bonds is 6. The predicted molar refractivity (Wildman–Crippen MR) is 90.1 cm³/mol.